The van der Waals surface area contributed by atoms with E-state index in [0.29, 0.717) is 27.0 Å². The summed E-state index contributed by atoms with van der Waals surface area (Å²) in [7, 11) is 1.52. The molecule has 0 aliphatic carbocycles. The molecule has 0 saturated carbocycles. The Morgan fingerprint density at radius 3 is 2.36 bits per heavy atom. The number of pyridine rings is 1. The van der Waals surface area contributed by atoms with Gasteiger partial charge in [0.25, 0.3) is 11.5 Å². The first-order chi connectivity index (χ1) is 15.9. The molecule has 0 saturated heterocycles. The van der Waals surface area contributed by atoms with Crippen LogP contribution in [0.1, 0.15) is 16.1 Å². The lowest BCUT2D eigenvalue weighted by atomic mass is 9.97. The summed E-state index contributed by atoms with van der Waals surface area (Å²) in [6.45, 7) is 1.31. The summed E-state index contributed by atoms with van der Waals surface area (Å²) < 4.78 is 6.61. The average molecular weight is 461 g/mol. The van der Waals surface area contributed by atoms with Crippen molar-refractivity contribution in [3.8, 4) is 11.1 Å². The van der Waals surface area contributed by atoms with E-state index in [0.717, 1.165) is 11.1 Å². The van der Waals surface area contributed by atoms with Crippen LogP contribution in [0.2, 0.25) is 5.02 Å². The van der Waals surface area contributed by atoms with Gasteiger partial charge in [0, 0.05) is 28.7 Å². The number of carbonyl (C=O) groups excluding carboxylic acids is 2. The number of hydrogen-bond donors (Lipinski definition) is 1. The van der Waals surface area contributed by atoms with Crippen LogP contribution in [-0.4, -0.2) is 23.1 Å². The topological polar surface area (TPSA) is 77.4 Å². The zero-order valence-corrected chi connectivity index (χ0v) is 18.8. The van der Waals surface area contributed by atoms with Crippen molar-refractivity contribution in [2.75, 3.05) is 11.9 Å². The second-order valence-electron chi connectivity index (χ2n) is 7.58. The highest BCUT2D eigenvalue weighted by molar-refractivity contribution is 6.31. The number of rotatable bonds is 5. The molecular weight excluding hydrogens is 440 g/mol. The Morgan fingerprint density at radius 2 is 1.64 bits per heavy atom. The van der Waals surface area contributed by atoms with Crippen molar-refractivity contribution in [2.24, 2.45) is 7.05 Å². The van der Waals surface area contributed by atoms with Crippen molar-refractivity contribution in [1.82, 2.24) is 4.57 Å². The van der Waals surface area contributed by atoms with Gasteiger partial charge < -0.3 is 14.6 Å². The maximum Gasteiger partial charge on any atom is 0.356 e. The smallest absolute Gasteiger partial charge is 0.356 e. The van der Waals surface area contributed by atoms with Gasteiger partial charge in [-0.15, -0.1) is 0 Å². The number of anilines is 1. The Labute approximate surface area is 195 Å². The van der Waals surface area contributed by atoms with E-state index in [2.05, 4.69) is 5.32 Å². The van der Waals surface area contributed by atoms with Gasteiger partial charge >= 0.3 is 5.97 Å². The molecule has 1 N–H and O–H groups in total. The minimum atomic E-state index is -0.767. The average Bonchev–Trinajstić information content (AvgIpc) is 2.82. The zero-order chi connectivity index (χ0) is 23.5. The Morgan fingerprint density at radius 1 is 0.970 bits per heavy atom. The highest BCUT2D eigenvalue weighted by atomic mass is 35.5. The second-order valence-corrected chi connectivity index (χ2v) is 8.02. The summed E-state index contributed by atoms with van der Waals surface area (Å²) in [6, 6.07) is 21.5. The third-order valence-electron chi connectivity index (χ3n) is 5.37. The van der Waals surface area contributed by atoms with E-state index in [1.165, 1.54) is 11.6 Å². The molecule has 1 heterocycles. The third kappa shape index (κ3) is 4.52. The van der Waals surface area contributed by atoms with Crippen molar-refractivity contribution < 1.29 is 14.3 Å². The van der Waals surface area contributed by atoms with Gasteiger partial charge in [0.1, 0.15) is 5.69 Å². The summed E-state index contributed by atoms with van der Waals surface area (Å²) in [6.07, 6.45) is 0. The second kappa shape index (κ2) is 9.30. The van der Waals surface area contributed by atoms with Crippen molar-refractivity contribution in [3.63, 3.8) is 0 Å². The molecule has 166 valence electrons. The summed E-state index contributed by atoms with van der Waals surface area (Å²) in [5, 5.41) is 4.30. The van der Waals surface area contributed by atoms with Gasteiger partial charge in [0.05, 0.1) is 0 Å². The van der Waals surface area contributed by atoms with E-state index >= 15 is 0 Å². The molecule has 0 unspecified atom stereocenters. The summed E-state index contributed by atoms with van der Waals surface area (Å²) in [5.41, 5.74) is 2.45. The number of fused-ring (bicyclic) bond motifs is 1. The van der Waals surface area contributed by atoms with Crippen LogP contribution in [0.3, 0.4) is 0 Å². The minimum absolute atomic E-state index is 0.0802. The van der Waals surface area contributed by atoms with Crippen molar-refractivity contribution in [3.05, 3.63) is 99.4 Å². The van der Waals surface area contributed by atoms with Crippen LogP contribution in [0.5, 0.6) is 0 Å². The maximum absolute atomic E-state index is 13.2. The van der Waals surface area contributed by atoms with E-state index in [9.17, 15) is 14.4 Å². The summed E-state index contributed by atoms with van der Waals surface area (Å²) in [5.74, 6) is -1.28. The molecule has 0 radical (unpaired) electrons. The number of esters is 1. The Bertz CT molecular complexity index is 1430. The molecule has 0 atom stereocenters. The molecule has 3 aromatic carbocycles. The number of hydrogen-bond acceptors (Lipinski definition) is 4. The van der Waals surface area contributed by atoms with Gasteiger partial charge in [-0.25, -0.2) is 4.79 Å². The monoisotopic (exact) mass is 460 g/mol. The number of nitrogens with one attached hydrogen (secondary N) is 1. The Balaban J connectivity index is 1.68. The van der Waals surface area contributed by atoms with Crippen LogP contribution in [0.25, 0.3) is 21.9 Å². The normalized spacial score (nSPS) is 10.8. The quantitative estimate of drug-likeness (QED) is 0.427. The molecule has 1 aromatic heterocycles. The van der Waals surface area contributed by atoms with E-state index in [-0.39, 0.29) is 11.3 Å². The molecule has 0 bridgehead atoms. The molecule has 1 amide bonds. The predicted octanol–water partition coefficient (Wildman–Crippen LogP) is 4.96. The Kier molecular flexibility index (Phi) is 6.29. The number of nitrogens with zero attached hydrogens (tertiary/aromatic N) is 1. The van der Waals surface area contributed by atoms with Crippen LogP contribution in [0, 0.1) is 6.92 Å². The highest BCUT2D eigenvalue weighted by Gasteiger charge is 2.23. The summed E-state index contributed by atoms with van der Waals surface area (Å²) in [4.78, 5) is 38.5. The van der Waals surface area contributed by atoms with Crippen molar-refractivity contribution in [1.29, 1.82) is 0 Å². The molecule has 7 heteroatoms. The first-order valence-electron chi connectivity index (χ1n) is 10.3. The summed E-state index contributed by atoms with van der Waals surface area (Å²) >= 11 is 5.99. The van der Waals surface area contributed by atoms with Gasteiger partial charge in [-0.2, -0.15) is 0 Å². The molecular formula is C26H21ClN2O4. The Hall–Kier alpha value is -3.90. The van der Waals surface area contributed by atoms with Gasteiger partial charge in [0.15, 0.2) is 6.61 Å². The van der Waals surface area contributed by atoms with Crippen molar-refractivity contribution in [2.45, 2.75) is 6.92 Å². The SMILES string of the molecule is Cc1ccc(Cl)cc1NC(=O)COC(=O)c1c(-c2ccccc2)c2ccccc2c(=O)n1C. The van der Waals surface area contributed by atoms with Crippen LogP contribution in [0.4, 0.5) is 5.69 Å². The molecule has 4 rings (SSSR count). The van der Waals surface area contributed by atoms with E-state index < -0.39 is 18.5 Å². The van der Waals surface area contributed by atoms with Crippen LogP contribution in [0.15, 0.2) is 77.6 Å². The fraction of sp³-hybridized carbons (Fsp3) is 0.115. The first kappa shape index (κ1) is 22.3. The lowest BCUT2D eigenvalue weighted by Gasteiger charge is -2.17. The number of amides is 1. The molecule has 0 fully saturated rings. The van der Waals surface area contributed by atoms with Gasteiger partial charge in [-0.05, 0) is 41.6 Å². The minimum Gasteiger partial charge on any atom is -0.451 e. The van der Waals surface area contributed by atoms with E-state index in [1.54, 1.807) is 36.4 Å². The number of halogens is 1. The molecule has 0 aliphatic heterocycles. The molecule has 4 aromatic rings. The number of aryl methyl sites for hydroxylation is 1. The van der Waals surface area contributed by atoms with E-state index in [4.69, 9.17) is 16.3 Å². The van der Waals surface area contributed by atoms with Gasteiger partial charge in [-0.1, -0.05) is 66.2 Å². The van der Waals surface area contributed by atoms with E-state index in [1.807, 2.05) is 43.3 Å². The number of carbonyl (C=O) groups is 2. The van der Waals surface area contributed by atoms with Gasteiger partial charge in [0.2, 0.25) is 0 Å². The fourth-order valence-electron chi connectivity index (χ4n) is 3.72. The number of ether oxygens (including phenoxy) is 1. The third-order valence-corrected chi connectivity index (χ3v) is 5.60. The van der Waals surface area contributed by atoms with Crippen LogP contribution < -0.4 is 10.9 Å². The fourth-order valence-corrected chi connectivity index (χ4v) is 3.89. The molecule has 0 aliphatic rings. The number of benzene rings is 3. The lowest BCUT2D eigenvalue weighted by Crippen LogP contribution is -2.28. The first-order valence-corrected chi connectivity index (χ1v) is 10.6. The highest BCUT2D eigenvalue weighted by Crippen LogP contribution is 2.30. The molecule has 6 nitrogen and oxygen atoms in total. The lowest BCUT2D eigenvalue weighted by molar-refractivity contribution is -0.119. The van der Waals surface area contributed by atoms with Crippen molar-refractivity contribution >= 4 is 39.9 Å². The standard InChI is InChI=1S/C26H21ClN2O4/c1-16-12-13-18(27)14-21(16)28-22(30)15-33-26(32)24-23(17-8-4-3-5-9-17)19-10-6-7-11-20(19)25(31)29(24)2/h3-14H,15H2,1-2H3,(H,28,30). The predicted molar refractivity (Wildman–Crippen MR) is 130 cm³/mol. The zero-order valence-electron chi connectivity index (χ0n) is 18.1. The largest absolute Gasteiger partial charge is 0.451 e. The maximum atomic E-state index is 13.2. The van der Waals surface area contributed by atoms with Crippen LogP contribution >= 0.6 is 11.6 Å². The van der Waals surface area contributed by atoms with Crippen LogP contribution in [-0.2, 0) is 16.6 Å². The molecule has 0 spiro atoms. The molecule has 33 heavy (non-hydrogen) atoms. The number of aromatic nitrogens is 1. The van der Waals surface area contributed by atoms with Gasteiger partial charge in [-0.3, -0.25) is 9.59 Å².